The van der Waals surface area contributed by atoms with E-state index < -0.39 is 0 Å². The molecule has 10 rings (SSSR count). The van der Waals surface area contributed by atoms with Crippen molar-refractivity contribution in [1.29, 1.82) is 0 Å². The molecule has 0 unspecified atom stereocenters. The van der Waals surface area contributed by atoms with Gasteiger partial charge in [-0.15, -0.1) is 0 Å². The van der Waals surface area contributed by atoms with E-state index in [4.69, 9.17) is 4.42 Å². The van der Waals surface area contributed by atoms with E-state index in [9.17, 15) is 0 Å². The van der Waals surface area contributed by atoms with Gasteiger partial charge >= 0.3 is 0 Å². The quantitative estimate of drug-likeness (QED) is 0.192. The molecule has 7 aromatic carbocycles. The lowest BCUT2D eigenvalue weighted by molar-refractivity contribution is 0.669. The van der Waals surface area contributed by atoms with E-state index in [-0.39, 0.29) is 0 Å². The predicted octanol–water partition coefficient (Wildman–Crippen LogP) is 12.5. The van der Waals surface area contributed by atoms with E-state index in [1.165, 1.54) is 49.3 Å². The Labute approximate surface area is 273 Å². The number of hydrogen-bond acceptors (Lipinski definition) is 1. The van der Waals surface area contributed by atoms with Crippen LogP contribution in [-0.4, -0.2) is 9.13 Å². The SMILES string of the molecule is CC.c1ccc(-n2c3ccccc3c3ccccc32)cc1.c1ccc2c(c1)oc1ccc(-n3c4ccccc4c4ccccc43)cc12. The Hall–Kier alpha value is -6.06. The zero-order chi connectivity index (χ0) is 31.7. The van der Waals surface area contributed by atoms with Crippen LogP contribution >= 0.6 is 0 Å². The van der Waals surface area contributed by atoms with E-state index in [1.807, 2.05) is 26.0 Å². The van der Waals surface area contributed by atoms with Crippen LogP contribution in [0.15, 0.2) is 174 Å². The lowest BCUT2D eigenvalue weighted by atomic mass is 10.1. The van der Waals surface area contributed by atoms with Crippen molar-refractivity contribution in [1.82, 2.24) is 9.13 Å². The largest absolute Gasteiger partial charge is 0.456 e. The van der Waals surface area contributed by atoms with Gasteiger partial charge in [-0.3, -0.25) is 0 Å². The Morgan fingerprint density at radius 3 is 1.21 bits per heavy atom. The van der Waals surface area contributed by atoms with Crippen LogP contribution in [0, 0.1) is 0 Å². The van der Waals surface area contributed by atoms with E-state index >= 15 is 0 Å². The summed E-state index contributed by atoms with van der Waals surface area (Å²) in [7, 11) is 0. The summed E-state index contributed by atoms with van der Waals surface area (Å²) in [6, 6.07) is 59.5. The minimum absolute atomic E-state index is 0.927. The Bertz CT molecular complexity index is 2550. The predicted molar refractivity (Wildman–Crippen MR) is 200 cm³/mol. The van der Waals surface area contributed by atoms with Crippen LogP contribution in [0.25, 0.3) is 76.9 Å². The van der Waals surface area contributed by atoms with E-state index in [1.54, 1.807) is 0 Å². The van der Waals surface area contributed by atoms with E-state index in [0.717, 1.165) is 27.6 Å². The van der Waals surface area contributed by atoms with Crippen LogP contribution in [0.5, 0.6) is 0 Å². The molecule has 3 nitrogen and oxygen atoms in total. The third-order valence-corrected chi connectivity index (χ3v) is 8.79. The van der Waals surface area contributed by atoms with Crippen molar-refractivity contribution in [2.45, 2.75) is 13.8 Å². The smallest absolute Gasteiger partial charge is 0.135 e. The maximum absolute atomic E-state index is 5.99. The van der Waals surface area contributed by atoms with Crippen molar-refractivity contribution in [3.63, 3.8) is 0 Å². The molecule has 0 radical (unpaired) electrons. The van der Waals surface area contributed by atoms with Crippen molar-refractivity contribution in [3.8, 4) is 11.4 Å². The van der Waals surface area contributed by atoms with Gasteiger partial charge in [0.25, 0.3) is 0 Å². The second-order valence-electron chi connectivity index (χ2n) is 11.4. The first-order valence-corrected chi connectivity index (χ1v) is 16.3. The molecule has 0 spiro atoms. The first-order valence-electron chi connectivity index (χ1n) is 16.3. The standard InChI is InChI=1S/C24H15NO.C18H13N.C2H6/c1-4-10-21-17(7-1)18-8-2-5-11-22(18)25(21)16-13-14-24-20(15-16)19-9-3-6-12-23(19)26-24;1-2-8-14(9-3-1)19-17-12-6-4-10-15(17)16-11-5-7-13-18(16)19;1-2/h1-15H;1-13H;1-2H3. The normalized spacial score (nSPS) is 11.2. The van der Waals surface area contributed by atoms with Gasteiger partial charge in [-0.25, -0.2) is 0 Å². The van der Waals surface area contributed by atoms with Gasteiger partial charge in [-0.05, 0) is 60.7 Å². The average molecular weight is 607 g/mol. The fourth-order valence-electron chi connectivity index (χ4n) is 6.83. The molecular weight excluding hydrogens is 572 g/mol. The summed E-state index contributed by atoms with van der Waals surface area (Å²) in [6.45, 7) is 4.00. The fraction of sp³-hybridized carbons (Fsp3) is 0.0455. The Kier molecular flexibility index (Phi) is 7.28. The molecule has 0 saturated carbocycles. The van der Waals surface area contributed by atoms with Crippen molar-refractivity contribution < 1.29 is 4.42 Å². The summed E-state index contributed by atoms with van der Waals surface area (Å²) in [5.74, 6) is 0. The van der Waals surface area contributed by atoms with Gasteiger partial charge in [0, 0.05) is 43.7 Å². The summed E-state index contributed by atoms with van der Waals surface area (Å²) in [6.07, 6.45) is 0. The van der Waals surface area contributed by atoms with Crippen molar-refractivity contribution in [3.05, 3.63) is 170 Å². The first kappa shape index (κ1) is 28.4. The highest BCUT2D eigenvalue weighted by molar-refractivity contribution is 6.11. The number of furan rings is 1. The number of hydrogen-bond donors (Lipinski definition) is 0. The molecule has 0 amide bonds. The zero-order valence-corrected chi connectivity index (χ0v) is 26.5. The molecule has 226 valence electrons. The molecule has 47 heavy (non-hydrogen) atoms. The third-order valence-electron chi connectivity index (χ3n) is 8.79. The molecule has 0 saturated heterocycles. The third kappa shape index (κ3) is 4.76. The van der Waals surface area contributed by atoms with Crippen LogP contribution < -0.4 is 0 Å². The highest BCUT2D eigenvalue weighted by atomic mass is 16.3. The van der Waals surface area contributed by atoms with Gasteiger partial charge in [0.1, 0.15) is 11.2 Å². The maximum atomic E-state index is 5.99. The summed E-state index contributed by atoms with van der Waals surface area (Å²) in [5.41, 5.74) is 9.19. The van der Waals surface area contributed by atoms with Crippen molar-refractivity contribution in [2.24, 2.45) is 0 Å². The summed E-state index contributed by atoms with van der Waals surface area (Å²) >= 11 is 0. The molecule has 3 aromatic heterocycles. The van der Waals surface area contributed by atoms with E-state index in [0.29, 0.717) is 0 Å². The van der Waals surface area contributed by atoms with Crippen LogP contribution in [0.3, 0.4) is 0 Å². The number of nitrogens with zero attached hydrogens (tertiary/aromatic N) is 2. The van der Waals surface area contributed by atoms with Gasteiger partial charge in [-0.2, -0.15) is 0 Å². The minimum Gasteiger partial charge on any atom is -0.456 e. The Balaban J connectivity index is 0.000000137. The fourth-order valence-corrected chi connectivity index (χ4v) is 6.83. The van der Waals surface area contributed by atoms with Gasteiger partial charge in [0.2, 0.25) is 0 Å². The number of para-hydroxylation sites is 6. The van der Waals surface area contributed by atoms with Crippen LogP contribution in [-0.2, 0) is 0 Å². The molecule has 3 heteroatoms. The van der Waals surface area contributed by atoms with Gasteiger partial charge in [0.05, 0.1) is 22.1 Å². The van der Waals surface area contributed by atoms with Gasteiger partial charge in [0.15, 0.2) is 0 Å². The summed E-state index contributed by atoms with van der Waals surface area (Å²) < 4.78 is 10.7. The van der Waals surface area contributed by atoms with Crippen molar-refractivity contribution >= 4 is 65.6 Å². The topological polar surface area (TPSA) is 23.0 Å². The molecule has 0 aliphatic rings. The Morgan fingerprint density at radius 1 is 0.319 bits per heavy atom. The average Bonchev–Trinajstić information content (AvgIpc) is 3.81. The van der Waals surface area contributed by atoms with Crippen LogP contribution in [0.1, 0.15) is 13.8 Å². The summed E-state index contributed by atoms with van der Waals surface area (Å²) in [5, 5.41) is 7.48. The van der Waals surface area contributed by atoms with Gasteiger partial charge < -0.3 is 13.6 Å². The molecule has 0 N–H and O–H groups in total. The highest BCUT2D eigenvalue weighted by Crippen LogP contribution is 2.35. The molecule has 0 bridgehead atoms. The second-order valence-corrected chi connectivity index (χ2v) is 11.4. The lowest BCUT2D eigenvalue weighted by Crippen LogP contribution is -1.93. The van der Waals surface area contributed by atoms with E-state index in [2.05, 4.69) is 167 Å². The molecule has 0 fully saturated rings. The highest BCUT2D eigenvalue weighted by Gasteiger charge is 2.14. The number of benzene rings is 7. The summed E-state index contributed by atoms with van der Waals surface area (Å²) in [4.78, 5) is 0. The molecule has 0 atom stereocenters. The number of rotatable bonds is 2. The molecule has 0 aliphatic carbocycles. The molecular formula is C44H34N2O. The van der Waals surface area contributed by atoms with Crippen LogP contribution in [0.4, 0.5) is 0 Å². The molecule has 0 aliphatic heterocycles. The minimum atomic E-state index is 0.927. The zero-order valence-electron chi connectivity index (χ0n) is 26.5. The van der Waals surface area contributed by atoms with Crippen LogP contribution in [0.2, 0.25) is 0 Å². The molecule has 10 aromatic rings. The van der Waals surface area contributed by atoms with Crippen molar-refractivity contribution in [2.75, 3.05) is 0 Å². The Morgan fingerprint density at radius 2 is 0.702 bits per heavy atom. The lowest BCUT2D eigenvalue weighted by Gasteiger charge is -2.07. The monoisotopic (exact) mass is 606 g/mol. The molecule has 3 heterocycles. The second kappa shape index (κ2) is 12.0. The maximum Gasteiger partial charge on any atom is 0.135 e. The number of aromatic nitrogens is 2. The number of fused-ring (bicyclic) bond motifs is 9. The van der Waals surface area contributed by atoms with Gasteiger partial charge in [-0.1, -0.05) is 123 Å². The first-order chi connectivity index (χ1) is 23.3.